The quantitative estimate of drug-likeness (QED) is 0.786. The minimum atomic E-state index is 0.520. The number of benzene rings is 1. The Labute approximate surface area is 125 Å². The number of fused-ring (bicyclic) bond motifs is 1. The molecule has 1 aromatic heterocycles. The van der Waals surface area contributed by atoms with Crippen molar-refractivity contribution in [3.63, 3.8) is 0 Å². The largest absolute Gasteiger partial charge is 0.295 e. The molecule has 3 rings (SSSR count). The van der Waals surface area contributed by atoms with Gasteiger partial charge in [-0.05, 0) is 37.1 Å². The second-order valence-electron chi connectivity index (χ2n) is 5.62. The number of nitrogens with zero attached hydrogens (tertiary/aromatic N) is 2. The highest BCUT2D eigenvalue weighted by atomic mass is 35.5. The van der Waals surface area contributed by atoms with Crippen LogP contribution in [0.25, 0.3) is 10.9 Å². The Bertz CT molecular complexity index is 564. The van der Waals surface area contributed by atoms with Crippen molar-refractivity contribution < 1.29 is 0 Å². The summed E-state index contributed by atoms with van der Waals surface area (Å²) in [5.74, 6) is 0.739. The Morgan fingerprint density at radius 2 is 2.05 bits per heavy atom. The van der Waals surface area contributed by atoms with Crippen molar-refractivity contribution in [3.05, 3.63) is 42.1 Å². The lowest BCUT2D eigenvalue weighted by Crippen LogP contribution is -2.35. The summed E-state index contributed by atoms with van der Waals surface area (Å²) in [5, 5.41) is 1.27. The molecule has 0 aliphatic carbocycles. The van der Waals surface area contributed by atoms with Gasteiger partial charge in [0.2, 0.25) is 0 Å². The van der Waals surface area contributed by atoms with Crippen LogP contribution in [0.15, 0.2) is 36.5 Å². The van der Waals surface area contributed by atoms with Crippen molar-refractivity contribution in [3.8, 4) is 0 Å². The molecular weight excluding hydrogens is 268 g/mol. The maximum atomic E-state index is 6.18. The molecule has 3 heteroatoms. The van der Waals surface area contributed by atoms with Crippen LogP contribution < -0.4 is 0 Å². The van der Waals surface area contributed by atoms with Gasteiger partial charge >= 0.3 is 0 Å². The summed E-state index contributed by atoms with van der Waals surface area (Å²) in [7, 11) is 0. The molecular formula is C17H21ClN2. The molecule has 1 aliphatic rings. The Morgan fingerprint density at radius 3 is 2.95 bits per heavy atom. The third-order valence-electron chi connectivity index (χ3n) is 4.29. The standard InChI is InChI=1S/C17H21ClN2/c18-12-15-6-2-1-5-11-20(15)13-14-9-10-19-17-8-4-3-7-16(14)17/h3-4,7-10,15H,1-2,5-6,11-13H2. The number of hydrogen-bond acceptors (Lipinski definition) is 2. The van der Waals surface area contributed by atoms with E-state index in [2.05, 4.69) is 34.1 Å². The van der Waals surface area contributed by atoms with Gasteiger partial charge in [0, 0.05) is 30.0 Å². The van der Waals surface area contributed by atoms with Gasteiger partial charge < -0.3 is 0 Å². The summed E-state index contributed by atoms with van der Waals surface area (Å²) >= 11 is 6.18. The normalized spacial score (nSPS) is 20.9. The lowest BCUT2D eigenvalue weighted by molar-refractivity contribution is 0.208. The van der Waals surface area contributed by atoms with Gasteiger partial charge in [-0.3, -0.25) is 9.88 Å². The SMILES string of the molecule is ClCC1CCCCCN1Cc1ccnc2ccccc12. The van der Waals surface area contributed by atoms with Crippen LogP contribution in [0, 0.1) is 0 Å². The molecule has 0 N–H and O–H groups in total. The first-order valence-electron chi connectivity index (χ1n) is 7.51. The first-order valence-corrected chi connectivity index (χ1v) is 8.04. The van der Waals surface area contributed by atoms with Gasteiger partial charge in [0.15, 0.2) is 0 Å². The predicted octanol–water partition coefficient (Wildman–Crippen LogP) is 4.22. The van der Waals surface area contributed by atoms with Crippen LogP contribution in [0.1, 0.15) is 31.2 Å². The van der Waals surface area contributed by atoms with E-state index in [9.17, 15) is 0 Å². The molecule has 20 heavy (non-hydrogen) atoms. The Balaban J connectivity index is 1.87. The Morgan fingerprint density at radius 1 is 1.15 bits per heavy atom. The van der Waals surface area contributed by atoms with Gasteiger partial charge in [-0.2, -0.15) is 0 Å². The first-order chi connectivity index (χ1) is 9.88. The molecule has 1 unspecified atom stereocenters. The molecule has 106 valence electrons. The van der Waals surface area contributed by atoms with Crippen molar-refractivity contribution in [1.29, 1.82) is 0 Å². The maximum Gasteiger partial charge on any atom is 0.0705 e. The molecule has 0 radical (unpaired) electrons. The molecule has 0 amide bonds. The van der Waals surface area contributed by atoms with Crippen molar-refractivity contribution in [1.82, 2.24) is 9.88 Å². The van der Waals surface area contributed by atoms with E-state index >= 15 is 0 Å². The topological polar surface area (TPSA) is 16.1 Å². The average molecular weight is 289 g/mol. The van der Waals surface area contributed by atoms with Crippen LogP contribution in [-0.4, -0.2) is 28.4 Å². The van der Waals surface area contributed by atoms with Gasteiger partial charge in [-0.1, -0.05) is 31.0 Å². The lowest BCUT2D eigenvalue weighted by Gasteiger charge is -2.28. The zero-order valence-electron chi connectivity index (χ0n) is 11.8. The number of para-hydroxylation sites is 1. The van der Waals surface area contributed by atoms with Crippen LogP contribution in [0.5, 0.6) is 0 Å². The number of pyridine rings is 1. The molecule has 1 aliphatic heterocycles. The van der Waals surface area contributed by atoms with Crippen LogP contribution in [0.3, 0.4) is 0 Å². The van der Waals surface area contributed by atoms with Gasteiger partial charge in [-0.15, -0.1) is 11.6 Å². The molecule has 0 spiro atoms. The number of rotatable bonds is 3. The van der Waals surface area contributed by atoms with Gasteiger partial charge in [0.1, 0.15) is 0 Å². The molecule has 1 fully saturated rings. The van der Waals surface area contributed by atoms with E-state index in [4.69, 9.17) is 11.6 Å². The third kappa shape index (κ3) is 2.97. The smallest absolute Gasteiger partial charge is 0.0705 e. The Hall–Kier alpha value is -1.12. The number of aromatic nitrogens is 1. The van der Waals surface area contributed by atoms with Crippen LogP contribution >= 0.6 is 11.6 Å². The molecule has 1 saturated heterocycles. The van der Waals surface area contributed by atoms with E-state index in [1.807, 2.05) is 12.3 Å². The van der Waals surface area contributed by atoms with Gasteiger partial charge in [0.05, 0.1) is 5.52 Å². The van der Waals surface area contributed by atoms with Gasteiger partial charge in [-0.25, -0.2) is 0 Å². The number of hydrogen-bond donors (Lipinski definition) is 0. The number of likely N-dealkylation sites (tertiary alicyclic amines) is 1. The van der Waals surface area contributed by atoms with Crippen LogP contribution in [-0.2, 0) is 6.54 Å². The lowest BCUT2D eigenvalue weighted by atomic mass is 10.1. The van der Waals surface area contributed by atoms with Crippen molar-refractivity contribution in [2.45, 2.75) is 38.3 Å². The van der Waals surface area contributed by atoms with E-state index in [-0.39, 0.29) is 0 Å². The highest BCUT2D eigenvalue weighted by Gasteiger charge is 2.20. The first kappa shape index (κ1) is 13.8. The van der Waals surface area contributed by atoms with Crippen molar-refractivity contribution in [2.24, 2.45) is 0 Å². The minimum absolute atomic E-state index is 0.520. The zero-order valence-corrected chi connectivity index (χ0v) is 12.5. The molecule has 2 heterocycles. The molecule has 2 aromatic rings. The molecule has 0 bridgehead atoms. The number of alkyl halides is 1. The fourth-order valence-electron chi connectivity index (χ4n) is 3.13. The fourth-order valence-corrected chi connectivity index (χ4v) is 3.48. The zero-order chi connectivity index (χ0) is 13.8. The summed E-state index contributed by atoms with van der Waals surface area (Å²) in [5.41, 5.74) is 2.45. The number of halogens is 1. The second kappa shape index (κ2) is 6.55. The van der Waals surface area contributed by atoms with E-state index in [0.29, 0.717) is 6.04 Å². The Kier molecular flexibility index (Phi) is 4.54. The van der Waals surface area contributed by atoms with Gasteiger partial charge in [0.25, 0.3) is 0 Å². The second-order valence-corrected chi connectivity index (χ2v) is 5.92. The van der Waals surface area contributed by atoms with E-state index in [0.717, 1.165) is 24.5 Å². The average Bonchev–Trinajstić information content (AvgIpc) is 2.72. The van der Waals surface area contributed by atoms with Crippen LogP contribution in [0.2, 0.25) is 0 Å². The summed E-state index contributed by atoms with van der Waals surface area (Å²) < 4.78 is 0. The fraction of sp³-hybridized carbons (Fsp3) is 0.471. The molecule has 0 saturated carbocycles. The maximum absolute atomic E-state index is 6.18. The highest BCUT2D eigenvalue weighted by molar-refractivity contribution is 6.18. The predicted molar refractivity (Wildman–Crippen MR) is 85.1 cm³/mol. The summed E-state index contributed by atoms with van der Waals surface area (Å²) in [6.07, 6.45) is 7.08. The monoisotopic (exact) mass is 288 g/mol. The third-order valence-corrected chi connectivity index (χ3v) is 4.65. The van der Waals surface area contributed by atoms with E-state index < -0.39 is 0 Å². The van der Waals surface area contributed by atoms with Crippen LogP contribution in [0.4, 0.5) is 0 Å². The molecule has 1 aromatic carbocycles. The summed E-state index contributed by atoms with van der Waals surface area (Å²) in [6.45, 7) is 2.15. The van der Waals surface area contributed by atoms with Crippen molar-refractivity contribution >= 4 is 22.5 Å². The molecule has 2 nitrogen and oxygen atoms in total. The molecule has 1 atom stereocenters. The van der Waals surface area contributed by atoms with Crippen molar-refractivity contribution in [2.75, 3.05) is 12.4 Å². The van der Waals surface area contributed by atoms with E-state index in [1.54, 1.807) is 0 Å². The summed E-state index contributed by atoms with van der Waals surface area (Å²) in [6, 6.07) is 11.1. The highest BCUT2D eigenvalue weighted by Crippen LogP contribution is 2.23. The summed E-state index contributed by atoms with van der Waals surface area (Å²) in [4.78, 5) is 7.01. The van der Waals surface area contributed by atoms with E-state index in [1.165, 1.54) is 36.6 Å². The minimum Gasteiger partial charge on any atom is -0.295 e.